The molecule has 3 aliphatic rings. The summed E-state index contributed by atoms with van der Waals surface area (Å²) in [5, 5.41) is 3.86. The van der Waals surface area contributed by atoms with Crippen LogP contribution in [0.2, 0.25) is 0 Å². The molecule has 5 atom stereocenters. The Morgan fingerprint density at radius 3 is 2.86 bits per heavy atom. The van der Waals surface area contributed by atoms with Crippen molar-refractivity contribution in [2.24, 2.45) is 11.8 Å². The van der Waals surface area contributed by atoms with Gasteiger partial charge in [-0.2, -0.15) is 0 Å². The van der Waals surface area contributed by atoms with Gasteiger partial charge >= 0.3 is 5.97 Å². The summed E-state index contributed by atoms with van der Waals surface area (Å²) in [6, 6.07) is 9.88. The molecule has 4 rings (SSSR count). The second kappa shape index (κ2) is 9.47. The van der Waals surface area contributed by atoms with Crippen LogP contribution >= 0.6 is 12.4 Å². The molecule has 5 nitrogen and oxygen atoms in total. The lowest BCUT2D eigenvalue weighted by molar-refractivity contribution is -0.141. The number of hydrogen-bond acceptors (Lipinski definition) is 5. The average molecular weight is 409 g/mol. The highest BCUT2D eigenvalue weighted by atomic mass is 35.5. The van der Waals surface area contributed by atoms with E-state index >= 15 is 0 Å². The van der Waals surface area contributed by atoms with Gasteiger partial charge in [0.15, 0.2) is 0 Å². The number of esters is 1. The summed E-state index contributed by atoms with van der Waals surface area (Å²) in [5.74, 6) is 1.72. The molecule has 1 aromatic carbocycles. The van der Waals surface area contributed by atoms with E-state index in [0.717, 1.165) is 32.5 Å². The monoisotopic (exact) mass is 408 g/mol. The number of ether oxygens (including phenoxy) is 2. The zero-order valence-electron chi connectivity index (χ0n) is 16.9. The Morgan fingerprint density at radius 1 is 1.25 bits per heavy atom. The second-order valence-electron chi connectivity index (χ2n) is 8.40. The Labute approximate surface area is 174 Å². The van der Waals surface area contributed by atoms with Crippen molar-refractivity contribution in [1.82, 2.24) is 4.90 Å². The largest absolute Gasteiger partial charge is 0.469 e. The number of anilines is 1. The third-order valence-electron chi connectivity index (χ3n) is 6.92. The van der Waals surface area contributed by atoms with E-state index in [1.54, 1.807) is 7.11 Å². The van der Waals surface area contributed by atoms with Crippen molar-refractivity contribution in [2.75, 3.05) is 39.2 Å². The minimum absolute atomic E-state index is 0. The van der Waals surface area contributed by atoms with E-state index in [0.29, 0.717) is 36.3 Å². The van der Waals surface area contributed by atoms with Gasteiger partial charge in [0.2, 0.25) is 0 Å². The third-order valence-corrected chi connectivity index (χ3v) is 6.92. The van der Waals surface area contributed by atoms with Crippen LogP contribution in [0.15, 0.2) is 24.3 Å². The topological polar surface area (TPSA) is 50.8 Å². The van der Waals surface area contributed by atoms with Crippen molar-refractivity contribution >= 4 is 24.1 Å². The Morgan fingerprint density at radius 2 is 2.07 bits per heavy atom. The molecule has 2 fully saturated rings. The van der Waals surface area contributed by atoms with Crippen LogP contribution in [-0.4, -0.2) is 56.9 Å². The van der Waals surface area contributed by atoms with Crippen LogP contribution in [0.5, 0.6) is 0 Å². The number of para-hydroxylation sites is 1. The highest BCUT2D eigenvalue weighted by Crippen LogP contribution is 2.47. The predicted molar refractivity (Wildman–Crippen MR) is 113 cm³/mol. The Kier molecular flexibility index (Phi) is 7.24. The van der Waals surface area contributed by atoms with E-state index in [-0.39, 0.29) is 18.4 Å². The van der Waals surface area contributed by atoms with Gasteiger partial charge in [0.25, 0.3) is 0 Å². The number of nitrogens with one attached hydrogen (secondary N) is 1. The fourth-order valence-corrected chi connectivity index (χ4v) is 5.73. The van der Waals surface area contributed by atoms with Crippen LogP contribution in [0.4, 0.5) is 5.69 Å². The molecule has 3 heterocycles. The molecule has 1 aromatic rings. The fraction of sp³-hybridized carbons (Fsp3) is 0.682. The van der Waals surface area contributed by atoms with E-state index < -0.39 is 0 Å². The van der Waals surface area contributed by atoms with Gasteiger partial charge in [0, 0.05) is 50.4 Å². The summed E-state index contributed by atoms with van der Waals surface area (Å²) < 4.78 is 10.3. The van der Waals surface area contributed by atoms with E-state index in [9.17, 15) is 4.79 Å². The Hall–Kier alpha value is -1.30. The molecule has 2 saturated heterocycles. The molecule has 0 spiro atoms. The summed E-state index contributed by atoms with van der Waals surface area (Å²) in [7, 11) is 3.28. The normalized spacial score (nSPS) is 31.0. The lowest BCUT2D eigenvalue weighted by Crippen LogP contribution is -2.60. The zero-order chi connectivity index (χ0) is 18.8. The van der Waals surface area contributed by atoms with E-state index in [1.807, 2.05) is 0 Å². The fourth-order valence-electron chi connectivity index (χ4n) is 5.73. The molecule has 0 aliphatic carbocycles. The molecule has 156 valence electrons. The van der Waals surface area contributed by atoms with Crippen molar-refractivity contribution in [3.63, 3.8) is 0 Å². The van der Waals surface area contributed by atoms with Crippen LogP contribution in [0.1, 0.15) is 43.6 Å². The first kappa shape index (κ1) is 21.4. The number of hydrogen-bond donors (Lipinski definition) is 1. The molecule has 0 aromatic heterocycles. The molecule has 0 saturated carbocycles. The van der Waals surface area contributed by atoms with Crippen LogP contribution in [0.3, 0.4) is 0 Å². The van der Waals surface area contributed by atoms with Crippen molar-refractivity contribution in [3.8, 4) is 0 Å². The number of nitrogens with zero attached hydrogens (tertiary/aromatic N) is 1. The molecule has 0 radical (unpaired) electrons. The van der Waals surface area contributed by atoms with Crippen molar-refractivity contribution in [1.29, 1.82) is 0 Å². The van der Waals surface area contributed by atoms with Gasteiger partial charge < -0.3 is 14.8 Å². The molecule has 0 amide bonds. The summed E-state index contributed by atoms with van der Waals surface area (Å²) in [6.07, 6.45) is 4.95. The van der Waals surface area contributed by atoms with Crippen LogP contribution in [-0.2, 0) is 14.3 Å². The molecule has 3 aliphatic heterocycles. The SMILES string of the molecule is COCC[C@H]1CC(CCC(=O)OC)CN2CCC3c4ccccc4NC3C12.Cl. The number of fused-ring (bicyclic) bond motifs is 5. The smallest absolute Gasteiger partial charge is 0.305 e. The maximum Gasteiger partial charge on any atom is 0.305 e. The average Bonchev–Trinajstić information content (AvgIpc) is 3.08. The van der Waals surface area contributed by atoms with E-state index in [4.69, 9.17) is 9.47 Å². The number of halogens is 1. The van der Waals surface area contributed by atoms with Gasteiger partial charge in [-0.3, -0.25) is 9.69 Å². The van der Waals surface area contributed by atoms with Gasteiger partial charge in [0.05, 0.1) is 7.11 Å². The lowest BCUT2D eigenvalue weighted by atomic mass is 9.71. The van der Waals surface area contributed by atoms with Gasteiger partial charge in [-0.25, -0.2) is 0 Å². The second-order valence-corrected chi connectivity index (χ2v) is 8.40. The molecule has 28 heavy (non-hydrogen) atoms. The highest BCUT2D eigenvalue weighted by molar-refractivity contribution is 5.85. The Bertz CT molecular complexity index is 671. The summed E-state index contributed by atoms with van der Waals surface area (Å²) in [6.45, 7) is 3.06. The first-order valence-corrected chi connectivity index (χ1v) is 10.4. The molecular formula is C22H33ClN2O3. The van der Waals surface area contributed by atoms with Crippen LogP contribution in [0, 0.1) is 11.8 Å². The van der Waals surface area contributed by atoms with Crippen molar-refractivity contribution < 1.29 is 14.3 Å². The quantitative estimate of drug-likeness (QED) is 0.727. The van der Waals surface area contributed by atoms with E-state index in [1.165, 1.54) is 31.2 Å². The maximum absolute atomic E-state index is 11.6. The van der Waals surface area contributed by atoms with Crippen molar-refractivity contribution in [2.45, 2.75) is 50.1 Å². The predicted octanol–water partition coefficient (Wildman–Crippen LogP) is 3.69. The van der Waals surface area contributed by atoms with Gasteiger partial charge in [-0.1, -0.05) is 18.2 Å². The Balaban J connectivity index is 0.00000225. The number of piperidine rings is 2. The van der Waals surface area contributed by atoms with E-state index in [2.05, 4.69) is 34.5 Å². The van der Waals surface area contributed by atoms with Gasteiger partial charge in [-0.05, 0) is 55.7 Å². The summed E-state index contributed by atoms with van der Waals surface area (Å²) in [4.78, 5) is 14.3. The summed E-state index contributed by atoms with van der Waals surface area (Å²) >= 11 is 0. The maximum atomic E-state index is 11.6. The number of benzene rings is 1. The molecule has 1 N–H and O–H groups in total. The third kappa shape index (κ3) is 4.17. The van der Waals surface area contributed by atoms with Crippen molar-refractivity contribution in [3.05, 3.63) is 29.8 Å². The number of carbonyl (C=O) groups excluding carboxylic acids is 1. The first-order valence-electron chi connectivity index (χ1n) is 10.4. The highest BCUT2D eigenvalue weighted by Gasteiger charge is 2.48. The standard InChI is InChI=1S/C22H32N2O3.ClH/c1-26-12-10-16-13-15(7-8-20(25)27-2)14-24-11-9-18-17-5-3-4-6-19(17)23-21(18)22(16)24;/h3-6,15-16,18,21-23H,7-14H2,1-2H3;1H/t15?,16-,18?,21?,22?;/m0./s1. The number of methoxy groups -OCH3 is 2. The molecule has 6 heteroatoms. The lowest BCUT2D eigenvalue weighted by Gasteiger charge is -2.52. The van der Waals surface area contributed by atoms with Crippen LogP contribution < -0.4 is 5.32 Å². The minimum Gasteiger partial charge on any atom is -0.469 e. The van der Waals surface area contributed by atoms with Gasteiger partial charge in [-0.15, -0.1) is 12.4 Å². The van der Waals surface area contributed by atoms with Crippen LogP contribution in [0.25, 0.3) is 0 Å². The molecular weight excluding hydrogens is 376 g/mol. The van der Waals surface area contributed by atoms with Gasteiger partial charge in [0.1, 0.15) is 0 Å². The molecule has 0 bridgehead atoms. The number of rotatable bonds is 6. The first-order chi connectivity index (χ1) is 13.2. The zero-order valence-corrected chi connectivity index (χ0v) is 17.7. The minimum atomic E-state index is -0.0859. The summed E-state index contributed by atoms with van der Waals surface area (Å²) in [5.41, 5.74) is 2.83. The number of carbonyl (C=O) groups is 1. The molecule has 4 unspecified atom stereocenters.